The average molecular weight is 400 g/mol. The highest BCUT2D eigenvalue weighted by Gasteiger charge is 2.27. The SMILES string of the molecule is COc1ccc([C@H](CNC(=O)c2ccc(OC)cc2OC)[NH+]2CCCCC2)cc1. The molecule has 3 rings (SSSR count). The van der Waals surface area contributed by atoms with E-state index in [0.717, 1.165) is 18.8 Å². The number of piperidine rings is 1. The van der Waals surface area contributed by atoms with Gasteiger partial charge >= 0.3 is 0 Å². The standard InChI is InChI=1S/C23H30N2O4/c1-27-18-9-7-17(8-10-18)21(25-13-5-4-6-14-25)16-24-23(26)20-12-11-19(28-2)15-22(20)29-3/h7-12,15,21H,4-6,13-14,16H2,1-3H3,(H,24,26)/p+1/t21-/m0/s1. The molecule has 0 aromatic heterocycles. The van der Waals surface area contributed by atoms with Crippen molar-refractivity contribution in [1.29, 1.82) is 0 Å². The zero-order valence-corrected chi connectivity index (χ0v) is 17.5. The van der Waals surface area contributed by atoms with E-state index in [2.05, 4.69) is 17.4 Å². The Morgan fingerprint density at radius 1 is 0.931 bits per heavy atom. The normalized spacial score (nSPS) is 15.4. The van der Waals surface area contributed by atoms with Crippen LogP contribution in [0.25, 0.3) is 0 Å². The third kappa shape index (κ3) is 5.21. The minimum atomic E-state index is -0.139. The summed E-state index contributed by atoms with van der Waals surface area (Å²) in [5.41, 5.74) is 1.72. The van der Waals surface area contributed by atoms with Crippen molar-refractivity contribution < 1.29 is 23.9 Å². The molecule has 0 saturated carbocycles. The Morgan fingerprint density at radius 2 is 1.59 bits per heavy atom. The average Bonchev–Trinajstić information content (AvgIpc) is 2.79. The summed E-state index contributed by atoms with van der Waals surface area (Å²) in [7, 11) is 4.82. The number of ether oxygens (including phenoxy) is 3. The molecular formula is C23H31N2O4+. The van der Waals surface area contributed by atoms with Crippen molar-refractivity contribution in [1.82, 2.24) is 5.32 Å². The summed E-state index contributed by atoms with van der Waals surface area (Å²) in [5, 5.41) is 3.12. The number of hydrogen-bond acceptors (Lipinski definition) is 4. The van der Waals surface area contributed by atoms with E-state index in [4.69, 9.17) is 14.2 Å². The minimum Gasteiger partial charge on any atom is -0.497 e. The van der Waals surface area contributed by atoms with Crippen LogP contribution in [0.4, 0.5) is 0 Å². The van der Waals surface area contributed by atoms with Crippen molar-refractivity contribution in [2.24, 2.45) is 0 Å². The van der Waals surface area contributed by atoms with Gasteiger partial charge in [0.05, 0.1) is 46.5 Å². The van der Waals surface area contributed by atoms with E-state index in [1.807, 2.05) is 12.1 Å². The number of hydrogen-bond donors (Lipinski definition) is 2. The van der Waals surface area contributed by atoms with Gasteiger partial charge in [0.15, 0.2) is 0 Å². The third-order valence-electron chi connectivity index (χ3n) is 5.63. The van der Waals surface area contributed by atoms with E-state index >= 15 is 0 Å². The first-order chi connectivity index (χ1) is 14.2. The predicted molar refractivity (Wildman–Crippen MR) is 112 cm³/mol. The van der Waals surface area contributed by atoms with Gasteiger partial charge in [0.25, 0.3) is 5.91 Å². The molecule has 0 radical (unpaired) electrons. The number of carbonyl (C=O) groups is 1. The second kappa shape index (κ2) is 10.2. The molecule has 1 aliphatic rings. The molecule has 29 heavy (non-hydrogen) atoms. The summed E-state index contributed by atoms with van der Waals surface area (Å²) in [6.45, 7) is 2.81. The van der Waals surface area contributed by atoms with Crippen LogP contribution < -0.4 is 24.4 Å². The van der Waals surface area contributed by atoms with Crippen LogP contribution in [0.3, 0.4) is 0 Å². The summed E-state index contributed by atoms with van der Waals surface area (Å²) >= 11 is 0. The van der Waals surface area contributed by atoms with Crippen LogP contribution in [0, 0.1) is 0 Å². The maximum absolute atomic E-state index is 12.9. The largest absolute Gasteiger partial charge is 0.497 e. The first kappa shape index (κ1) is 21.0. The quantitative estimate of drug-likeness (QED) is 0.715. The van der Waals surface area contributed by atoms with Gasteiger partial charge in [-0.05, 0) is 55.7 Å². The highest BCUT2D eigenvalue weighted by atomic mass is 16.5. The van der Waals surface area contributed by atoms with E-state index in [9.17, 15) is 4.79 Å². The van der Waals surface area contributed by atoms with Gasteiger partial charge in [0, 0.05) is 11.6 Å². The van der Waals surface area contributed by atoms with Crippen LogP contribution in [0.1, 0.15) is 41.2 Å². The van der Waals surface area contributed by atoms with Gasteiger partial charge < -0.3 is 24.4 Å². The molecule has 1 aliphatic heterocycles. The van der Waals surface area contributed by atoms with Crippen LogP contribution in [0.15, 0.2) is 42.5 Å². The van der Waals surface area contributed by atoms with Crippen LogP contribution in [0.5, 0.6) is 17.2 Å². The molecule has 6 nitrogen and oxygen atoms in total. The summed E-state index contributed by atoms with van der Waals surface area (Å²) in [4.78, 5) is 14.4. The zero-order chi connectivity index (χ0) is 20.6. The van der Waals surface area contributed by atoms with Crippen LogP contribution in [-0.4, -0.2) is 46.9 Å². The number of amides is 1. The van der Waals surface area contributed by atoms with E-state index in [0.29, 0.717) is 23.6 Å². The van der Waals surface area contributed by atoms with Crippen LogP contribution in [0.2, 0.25) is 0 Å². The van der Waals surface area contributed by atoms with Gasteiger partial charge in [-0.3, -0.25) is 4.79 Å². The van der Waals surface area contributed by atoms with E-state index in [1.165, 1.54) is 29.7 Å². The molecule has 1 saturated heterocycles. The lowest BCUT2D eigenvalue weighted by atomic mass is 10.0. The second-order valence-corrected chi connectivity index (χ2v) is 7.32. The van der Waals surface area contributed by atoms with E-state index in [1.54, 1.807) is 39.5 Å². The van der Waals surface area contributed by atoms with Crippen molar-refractivity contribution in [3.8, 4) is 17.2 Å². The molecule has 2 aromatic rings. The second-order valence-electron chi connectivity index (χ2n) is 7.32. The first-order valence-corrected chi connectivity index (χ1v) is 10.1. The Morgan fingerprint density at radius 3 is 2.21 bits per heavy atom. The fourth-order valence-corrected chi connectivity index (χ4v) is 3.96. The molecule has 156 valence electrons. The summed E-state index contributed by atoms with van der Waals surface area (Å²) in [5.74, 6) is 1.87. The van der Waals surface area contributed by atoms with Gasteiger partial charge in [0.1, 0.15) is 23.3 Å². The van der Waals surface area contributed by atoms with Crippen molar-refractivity contribution in [2.45, 2.75) is 25.3 Å². The first-order valence-electron chi connectivity index (χ1n) is 10.1. The molecule has 0 spiro atoms. The number of methoxy groups -OCH3 is 3. The number of benzene rings is 2. The van der Waals surface area contributed by atoms with E-state index in [-0.39, 0.29) is 11.9 Å². The fraction of sp³-hybridized carbons (Fsp3) is 0.435. The molecule has 2 N–H and O–H groups in total. The van der Waals surface area contributed by atoms with Gasteiger partial charge in [0.2, 0.25) is 0 Å². The summed E-state index contributed by atoms with van der Waals surface area (Å²) in [6.07, 6.45) is 3.73. The van der Waals surface area contributed by atoms with Gasteiger partial charge in [-0.2, -0.15) is 0 Å². The van der Waals surface area contributed by atoms with Crippen LogP contribution in [-0.2, 0) is 0 Å². The Labute approximate surface area is 172 Å². The molecule has 1 fully saturated rings. The van der Waals surface area contributed by atoms with Crippen molar-refractivity contribution in [3.63, 3.8) is 0 Å². The minimum absolute atomic E-state index is 0.139. The number of carbonyl (C=O) groups excluding carboxylic acids is 1. The predicted octanol–water partition coefficient (Wildman–Crippen LogP) is 2.25. The monoisotopic (exact) mass is 399 g/mol. The highest BCUT2D eigenvalue weighted by Crippen LogP contribution is 2.24. The number of likely N-dealkylation sites (tertiary alicyclic amines) is 1. The Kier molecular flexibility index (Phi) is 7.36. The molecule has 6 heteroatoms. The molecule has 2 aromatic carbocycles. The van der Waals surface area contributed by atoms with Crippen molar-refractivity contribution in [2.75, 3.05) is 41.0 Å². The molecule has 1 amide bonds. The van der Waals surface area contributed by atoms with E-state index < -0.39 is 0 Å². The topological polar surface area (TPSA) is 61.2 Å². The summed E-state index contributed by atoms with van der Waals surface area (Å²) in [6, 6.07) is 13.6. The molecule has 0 unspecified atom stereocenters. The fourth-order valence-electron chi connectivity index (χ4n) is 3.96. The molecule has 0 aliphatic carbocycles. The Bertz CT molecular complexity index is 801. The van der Waals surface area contributed by atoms with Crippen molar-refractivity contribution >= 4 is 5.91 Å². The smallest absolute Gasteiger partial charge is 0.255 e. The van der Waals surface area contributed by atoms with Gasteiger partial charge in [-0.25, -0.2) is 0 Å². The Hall–Kier alpha value is -2.73. The molecule has 0 bridgehead atoms. The van der Waals surface area contributed by atoms with Crippen LogP contribution >= 0.6 is 0 Å². The molecule has 1 atom stereocenters. The van der Waals surface area contributed by atoms with Crippen molar-refractivity contribution in [3.05, 3.63) is 53.6 Å². The lowest BCUT2D eigenvalue weighted by molar-refractivity contribution is -0.935. The molecular weight excluding hydrogens is 368 g/mol. The summed E-state index contributed by atoms with van der Waals surface area (Å²) < 4.78 is 15.9. The highest BCUT2D eigenvalue weighted by molar-refractivity contribution is 5.97. The Balaban J connectivity index is 1.76. The molecule has 1 heterocycles. The maximum Gasteiger partial charge on any atom is 0.255 e. The number of rotatable bonds is 8. The third-order valence-corrected chi connectivity index (χ3v) is 5.63. The number of nitrogens with one attached hydrogen (secondary N) is 2. The number of quaternary nitrogens is 1. The van der Waals surface area contributed by atoms with Gasteiger partial charge in [-0.15, -0.1) is 0 Å². The lowest BCUT2D eigenvalue weighted by Crippen LogP contribution is -3.13. The maximum atomic E-state index is 12.9. The lowest BCUT2D eigenvalue weighted by Gasteiger charge is -2.32. The zero-order valence-electron chi connectivity index (χ0n) is 17.5. The van der Waals surface area contributed by atoms with Gasteiger partial charge in [-0.1, -0.05) is 0 Å².